The summed E-state index contributed by atoms with van der Waals surface area (Å²) >= 11 is 0. The van der Waals surface area contributed by atoms with Gasteiger partial charge in [0.2, 0.25) is 5.91 Å². The van der Waals surface area contributed by atoms with Crippen LogP contribution in [0.3, 0.4) is 0 Å². The zero-order valence-corrected chi connectivity index (χ0v) is 41.2. The maximum Gasteiger partial charge on any atom is 0.268 e. The van der Waals surface area contributed by atoms with Gasteiger partial charge in [0.25, 0.3) is 7.82 Å². The molecule has 356 valence electrons. The molecule has 3 unspecified atom stereocenters. The van der Waals surface area contributed by atoms with Gasteiger partial charge in [-0.25, -0.2) is 0 Å². The van der Waals surface area contributed by atoms with Crippen LogP contribution in [-0.4, -0.2) is 68.5 Å². The number of hydrogen-bond donors (Lipinski definition) is 2. The van der Waals surface area contributed by atoms with Gasteiger partial charge in [-0.15, -0.1) is 0 Å². The standard InChI is InChI=1S/C53H93N2O6P/c1-6-8-10-12-14-16-18-19-20-21-22-23-24-25-26-27-28-29-30-31-32-33-34-35-37-39-41-43-45-47-53(57)54-51(50-61-62(58,59)60-49-48-55(3,4)5)52(56)46-44-42-40-38-36-17-15-13-11-9-7-2/h8,10,14,16,19-20,22-23,25-26,28-29,31-32,34-35,51-52,56H,6-7,9,11-13,15,17-18,21,24,27,30,33,36-50H2,1-5H3,(H-,54,57,58,59)/b10-8-,16-14-,20-19-,23-22-,26-25-,29-28-,32-31-,35-34-. The lowest BCUT2D eigenvalue weighted by Gasteiger charge is -2.30. The van der Waals surface area contributed by atoms with Crippen molar-refractivity contribution in [2.45, 2.75) is 193 Å². The lowest BCUT2D eigenvalue weighted by Crippen LogP contribution is -2.46. The van der Waals surface area contributed by atoms with E-state index >= 15 is 0 Å². The molecular formula is C53H93N2O6P. The fourth-order valence-electron chi connectivity index (χ4n) is 6.47. The molecule has 0 saturated carbocycles. The van der Waals surface area contributed by atoms with Crippen molar-refractivity contribution >= 4 is 13.7 Å². The van der Waals surface area contributed by atoms with Crippen LogP contribution in [0.25, 0.3) is 0 Å². The lowest BCUT2D eigenvalue weighted by molar-refractivity contribution is -0.870. The Labute approximate surface area is 381 Å². The highest BCUT2D eigenvalue weighted by atomic mass is 31.2. The van der Waals surface area contributed by atoms with Crippen molar-refractivity contribution in [3.05, 3.63) is 97.2 Å². The van der Waals surface area contributed by atoms with Gasteiger partial charge < -0.3 is 28.8 Å². The summed E-state index contributed by atoms with van der Waals surface area (Å²) in [5.41, 5.74) is 0. The van der Waals surface area contributed by atoms with Gasteiger partial charge in [-0.1, -0.05) is 195 Å². The number of unbranched alkanes of at least 4 members (excludes halogenated alkanes) is 14. The Morgan fingerprint density at radius 2 is 0.984 bits per heavy atom. The Morgan fingerprint density at radius 1 is 0.581 bits per heavy atom. The summed E-state index contributed by atoms with van der Waals surface area (Å²) in [7, 11) is 1.27. The van der Waals surface area contributed by atoms with Gasteiger partial charge in [-0.2, -0.15) is 0 Å². The van der Waals surface area contributed by atoms with Gasteiger partial charge in [-0.05, 0) is 77.0 Å². The minimum Gasteiger partial charge on any atom is -0.756 e. The number of carbonyl (C=O) groups is 1. The zero-order chi connectivity index (χ0) is 45.7. The molecule has 9 heteroatoms. The fraction of sp³-hybridized carbons (Fsp3) is 0.679. The highest BCUT2D eigenvalue weighted by molar-refractivity contribution is 7.45. The van der Waals surface area contributed by atoms with Crippen LogP contribution in [0.15, 0.2) is 97.2 Å². The molecule has 0 spiro atoms. The highest BCUT2D eigenvalue weighted by Gasteiger charge is 2.24. The Bertz CT molecular complexity index is 1330. The van der Waals surface area contributed by atoms with Crippen molar-refractivity contribution in [2.24, 2.45) is 0 Å². The van der Waals surface area contributed by atoms with Crippen LogP contribution in [0.2, 0.25) is 0 Å². The second-order valence-corrected chi connectivity index (χ2v) is 18.8. The van der Waals surface area contributed by atoms with Crippen molar-refractivity contribution in [2.75, 3.05) is 40.9 Å². The number of allylic oxidation sites excluding steroid dienone is 16. The van der Waals surface area contributed by atoms with Crippen LogP contribution in [0, 0.1) is 0 Å². The van der Waals surface area contributed by atoms with E-state index in [0.717, 1.165) is 103 Å². The predicted octanol–water partition coefficient (Wildman–Crippen LogP) is 13.7. The Kier molecular flexibility index (Phi) is 41.8. The van der Waals surface area contributed by atoms with Crippen molar-refractivity contribution in [3.63, 3.8) is 0 Å². The van der Waals surface area contributed by atoms with E-state index in [9.17, 15) is 19.4 Å². The second kappa shape index (κ2) is 43.7. The van der Waals surface area contributed by atoms with Gasteiger partial charge in [0.15, 0.2) is 0 Å². The average Bonchev–Trinajstić information content (AvgIpc) is 3.23. The number of carbonyl (C=O) groups excluding carboxylic acids is 1. The average molecular weight is 885 g/mol. The number of nitrogens with zero attached hydrogens (tertiary/aromatic N) is 1. The third-order valence-electron chi connectivity index (χ3n) is 10.3. The molecule has 0 rings (SSSR count). The first-order valence-corrected chi connectivity index (χ1v) is 26.0. The third-order valence-corrected chi connectivity index (χ3v) is 11.3. The number of hydrogen-bond acceptors (Lipinski definition) is 6. The van der Waals surface area contributed by atoms with Crippen LogP contribution in [0.5, 0.6) is 0 Å². The second-order valence-electron chi connectivity index (χ2n) is 17.4. The summed E-state index contributed by atoms with van der Waals surface area (Å²) < 4.78 is 23.2. The Morgan fingerprint density at radius 3 is 1.44 bits per heavy atom. The smallest absolute Gasteiger partial charge is 0.268 e. The number of phosphoric acid groups is 1. The van der Waals surface area contributed by atoms with E-state index in [-0.39, 0.29) is 19.1 Å². The topological polar surface area (TPSA) is 108 Å². The molecule has 0 heterocycles. The van der Waals surface area contributed by atoms with Crippen molar-refractivity contribution in [1.82, 2.24) is 5.32 Å². The molecule has 0 aliphatic rings. The summed E-state index contributed by atoms with van der Waals surface area (Å²) in [5.74, 6) is -0.195. The molecule has 0 aliphatic heterocycles. The fourth-order valence-corrected chi connectivity index (χ4v) is 7.19. The van der Waals surface area contributed by atoms with E-state index in [4.69, 9.17) is 9.05 Å². The molecule has 0 bridgehead atoms. The number of likely N-dealkylation sites (N-methyl/N-ethyl adjacent to an activating group) is 1. The molecule has 0 saturated heterocycles. The predicted molar refractivity (Wildman–Crippen MR) is 265 cm³/mol. The van der Waals surface area contributed by atoms with E-state index in [2.05, 4.69) is 116 Å². The molecule has 0 aromatic heterocycles. The molecule has 0 aromatic rings. The van der Waals surface area contributed by atoms with Crippen LogP contribution in [0.1, 0.15) is 181 Å². The summed E-state index contributed by atoms with van der Waals surface area (Å²) in [5, 5.41) is 13.9. The number of nitrogens with one attached hydrogen (secondary N) is 1. The van der Waals surface area contributed by atoms with E-state index in [1.807, 2.05) is 21.1 Å². The first kappa shape index (κ1) is 59.4. The molecule has 0 aliphatic carbocycles. The molecule has 2 N–H and O–H groups in total. The largest absolute Gasteiger partial charge is 0.756 e. The number of aliphatic hydroxyl groups is 1. The number of aliphatic hydroxyl groups excluding tert-OH is 1. The van der Waals surface area contributed by atoms with E-state index in [1.54, 1.807) is 0 Å². The first-order chi connectivity index (χ1) is 30.0. The molecule has 0 radical (unpaired) electrons. The SMILES string of the molecule is CC/C=C\C/C=C\C/C=C\C/C=C\C/C=C\C/C=C\C/C=C\C/C=C\CCCCCCC(=O)NC(COP(=O)([O-])OCC[N+](C)(C)C)C(O)CCCCCCCCCCCCC. The lowest BCUT2D eigenvalue weighted by atomic mass is 10.0. The monoisotopic (exact) mass is 885 g/mol. The maximum atomic E-state index is 12.9. The van der Waals surface area contributed by atoms with Gasteiger partial charge in [0.05, 0.1) is 39.9 Å². The van der Waals surface area contributed by atoms with E-state index < -0.39 is 20.0 Å². The van der Waals surface area contributed by atoms with Crippen LogP contribution in [-0.2, 0) is 18.4 Å². The Balaban J connectivity index is 4.29. The maximum absolute atomic E-state index is 12.9. The van der Waals surface area contributed by atoms with Crippen LogP contribution >= 0.6 is 7.82 Å². The van der Waals surface area contributed by atoms with Crippen LogP contribution in [0.4, 0.5) is 0 Å². The van der Waals surface area contributed by atoms with Crippen molar-refractivity contribution < 1.29 is 32.9 Å². The van der Waals surface area contributed by atoms with Gasteiger partial charge in [0, 0.05) is 6.42 Å². The van der Waals surface area contributed by atoms with Gasteiger partial charge in [-0.3, -0.25) is 9.36 Å². The molecule has 62 heavy (non-hydrogen) atoms. The third kappa shape index (κ3) is 45.4. The molecular weight excluding hydrogens is 792 g/mol. The molecule has 0 fully saturated rings. The minimum absolute atomic E-state index is 0.00116. The van der Waals surface area contributed by atoms with Gasteiger partial charge in [0.1, 0.15) is 13.2 Å². The number of amides is 1. The minimum atomic E-state index is -4.58. The van der Waals surface area contributed by atoms with Gasteiger partial charge >= 0.3 is 0 Å². The number of rotatable bonds is 43. The molecule has 8 nitrogen and oxygen atoms in total. The molecule has 3 atom stereocenters. The number of quaternary nitrogens is 1. The summed E-state index contributed by atoms with van der Waals surface area (Å²) in [4.78, 5) is 25.4. The highest BCUT2D eigenvalue weighted by Crippen LogP contribution is 2.38. The molecule has 0 aromatic carbocycles. The summed E-state index contributed by atoms with van der Waals surface area (Å²) in [6.07, 6.45) is 61.4. The summed E-state index contributed by atoms with van der Waals surface area (Å²) in [6, 6.07) is -0.820. The van der Waals surface area contributed by atoms with Crippen LogP contribution < -0.4 is 10.2 Å². The normalized spacial score (nSPS) is 15.0. The molecule has 1 amide bonds. The zero-order valence-electron chi connectivity index (χ0n) is 40.3. The van der Waals surface area contributed by atoms with E-state index in [1.165, 1.54) is 51.4 Å². The summed E-state index contributed by atoms with van der Waals surface area (Å²) in [6.45, 7) is 4.55. The van der Waals surface area contributed by atoms with Crippen molar-refractivity contribution in [3.8, 4) is 0 Å². The Hall–Kier alpha value is -2.58. The van der Waals surface area contributed by atoms with Crippen molar-refractivity contribution in [1.29, 1.82) is 0 Å². The first-order valence-electron chi connectivity index (χ1n) is 24.6. The quantitative estimate of drug-likeness (QED) is 0.0273. The van der Waals surface area contributed by atoms with E-state index in [0.29, 0.717) is 23.9 Å². The number of phosphoric ester groups is 1.